The maximum atomic E-state index is 4.27. The van der Waals surface area contributed by atoms with Crippen LogP contribution in [0.2, 0.25) is 0 Å². The van der Waals surface area contributed by atoms with E-state index in [9.17, 15) is 0 Å². The summed E-state index contributed by atoms with van der Waals surface area (Å²) in [7, 11) is 1.86. The Labute approximate surface area is 109 Å². The van der Waals surface area contributed by atoms with Gasteiger partial charge in [0.05, 0.1) is 0 Å². The lowest BCUT2D eigenvalue weighted by atomic mass is 10.2. The van der Waals surface area contributed by atoms with Gasteiger partial charge in [-0.25, -0.2) is 0 Å². The predicted octanol–water partition coefficient (Wildman–Crippen LogP) is 2.24. The summed E-state index contributed by atoms with van der Waals surface area (Å²) < 4.78 is 0. The van der Waals surface area contributed by atoms with E-state index in [2.05, 4.69) is 27.4 Å². The number of hydrogen-bond donors (Lipinski definition) is 2. The van der Waals surface area contributed by atoms with Crippen LogP contribution in [0.3, 0.4) is 0 Å². The number of rotatable bonds is 6. The molecular weight excluding hydrogens is 230 g/mol. The molecule has 0 aromatic heterocycles. The smallest absolute Gasteiger partial charge is 0.191 e. The van der Waals surface area contributed by atoms with Crippen molar-refractivity contribution < 1.29 is 0 Å². The first-order valence-electron chi connectivity index (χ1n) is 6.94. The summed E-state index contributed by atoms with van der Waals surface area (Å²) >= 11 is 2.09. The molecule has 0 bridgehead atoms. The molecule has 1 aliphatic heterocycles. The van der Waals surface area contributed by atoms with E-state index in [0.717, 1.165) is 30.2 Å². The molecule has 0 radical (unpaired) electrons. The molecule has 0 aromatic rings. The summed E-state index contributed by atoms with van der Waals surface area (Å²) in [6.45, 7) is 2.13. The largest absolute Gasteiger partial charge is 0.356 e. The second-order valence-corrected chi connectivity index (χ2v) is 6.51. The average molecular weight is 255 g/mol. The molecular formula is C13H25N3S. The highest BCUT2D eigenvalue weighted by molar-refractivity contribution is 8.00. The normalized spacial score (nSPS) is 25.0. The van der Waals surface area contributed by atoms with Gasteiger partial charge in [-0.05, 0) is 37.4 Å². The van der Waals surface area contributed by atoms with Crippen LogP contribution in [-0.4, -0.2) is 37.1 Å². The highest BCUT2D eigenvalue weighted by atomic mass is 32.2. The van der Waals surface area contributed by atoms with Gasteiger partial charge in [0, 0.05) is 25.4 Å². The molecule has 2 rings (SSSR count). The molecule has 2 fully saturated rings. The first-order valence-corrected chi connectivity index (χ1v) is 7.99. The Balaban J connectivity index is 1.52. The monoisotopic (exact) mass is 255 g/mol. The van der Waals surface area contributed by atoms with Crippen molar-refractivity contribution in [1.29, 1.82) is 0 Å². The topological polar surface area (TPSA) is 36.4 Å². The molecule has 98 valence electrons. The highest BCUT2D eigenvalue weighted by Crippen LogP contribution is 2.33. The van der Waals surface area contributed by atoms with Crippen LogP contribution < -0.4 is 10.6 Å². The van der Waals surface area contributed by atoms with Crippen LogP contribution in [-0.2, 0) is 0 Å². The molecule has 1 unspecified atom stereocenters. The standard InChI is InChI=1S/C13H25N3S/c1-14-13(15-8-2-4-11-6-7-11)16-10-12-5-3-9-17-12/h11-12H,2-10H2,1H3,(H2,14,15,16). The van der Waals surface area contributed by atoms with E-state index in [-0.39, 0.29) is 0 Å². The highest BCUT2D eigenvalue weighted by Gasteiger charge is 2.20. The van der Waals surface area contributed by atoms with Crippen LogP contribution in [0.15, 0.2) is 4.99 Å². The Hall–Kier alpha value is -0.380. The molecule has 1 saturated carbocycles. The number of hydrogen-bond acceptors (Lipinski definition) is 2. The van der Waals surface area contributed by atoms with E-state index in [0.29, 0.717) is 0 Å². The minimum Gasteiger partial charge on any atom is -0.356 e. The molecule has 2 aliphatic rings. The van der Waals surface area contributed by atoms with E-state index in [1.807, 2.05) is 7.05 Å². The average Bonchev–Trinajstić information content (AvgIpc) is 3.02. The van der Waals surface area contributed by atoms with E-state index in [1.165, 1.54) is 44.3 Å². The fourth-order valence-electron chi connectivity index (χ4n) is 2.24. The molecule has 1 saturated heterocycles. The molecule has 1 aliphatic carbocycles. The molecule has 1 heterocycles. The van der Waals surface area contributed by atoms with Crippen molar-refractivity contribution in [2.45, 2.75) is 43.8 Å². The van der Waals surface area contributed by atoms with Gasteiger partial charge < -0.3 is 10.6 Å². The minimum atomic E-state index is 0.792. The van der Waals surface area contributed by atoms with E-state index in [1.54, 1.807) is 0 Å². The summed E-state index contributed by atoms with van der Waals surface area (Å²) in [5, 5.41) is 7.63. The number of nitrogens with zero attached hydrogens (tertiary/aromatic N) is 1. The molecule has 3 nitrogen and oxygen atoms in total. The van der Waals surface area contributed by atoms with Gasteiger partial charge >= 0.3 is 0 Å². The van der Waals surface area contributed by atoms with Gasteiger partial charge in [-0.15, -0.1) is 0 Å². The lowest BCUT2D eigenvalue weighted by molar-refractivity contribution is 0.642. The number of thioether (sulfide) groups is 1. The van der Waals surface area contributed by atoms with Crippen molar-refractivity contribution in [2.24, 2.45) is 10.9 Å². The van der Waals surface area contributed by atoms with Gasteiger partial charge in [0.15, 0.2) is 5.96 Å². The fraction of sp³-hybridized carbons (Fsp3) is 0.923. The second kappa shape index (κ2) is 7.14. The summed E-state index contributed by atoms with van der Waals surface area (Å²) in [5.41, 5.74) is 0. The number of nitrogens with one attached hydrogen (secondary N) is 2. The zero-order valence-corrected chi connectivity index (χ0v) is 11.7. The Morgan fingerprint density at radius 3 is 2.82 bits per heavy atom. The van der Waals surface area contributed by atoms with Crippen LogP contribution in [0.25, 0.3) is 0 Å². The van der Waals surface area contributed by atoms with Crippen molar-refractivity contribution >= 4 is 17.7 Å². The Morgan fingerprint density at radius 1 is 1.29 bits per heavy atom. The molecule has 4 heteroatoms. The van der Waals surface area contributed by atoms with Crippen molar-refractivity contribution in [3.05, 3.63) is 0 Å². The molecule has 0 spiro atoms. The third-order valence-corrected chi connectivity index (χ3v) is 4.92. The Morgan fingerprint density at radius 2 is 2.18 bits per heavy atom. The fourth-order valence-corrected chi connectivity index (χ4v) is 3.44. The predicted molar refractivity (Wildman–Crippen MR) is 76.8 cm³/mol. The van der Waals surface area contributed by atoms with Gasteiger partial charge in [-0.2, -0.15) is 11.8 Å². The van der Waals surface area contributed by atoms with Crippen molar-refractivity contribution in [2.75, 3.05) is 25.9 Å². The summed E-state index contributed by atoms with van der Waals surface area (Å²) in [6.07, 6.45) is 8.34. The van der Waals surface area contributed by atoms with Crippen LogP contribution >= 0.6 is 11.8 Å². The zero-order valence-electron chi connectivity index (χ0n) is 10.9. The third-order valence-electron chi connectivity index (χ3n) is 3.52. The van der Waals surface area contributed by atoms with Crippen LogP contribution in [0, 0.1) is 5.92 Å². The first kappa shape index (κ1) is 13.1. The lowest BCUT2D eigenvalue weighted by Gasteiger charge is -2.14. The Bertz CT molecular complexity index is 245. The SMILES string of the molecule is CN=C(NCCCC1CC1)NCC1CCCS1. The molecule has 0 amide bonds. The summed E-state index contributed by atoms with van der Waals surface area (Å²) in [5.74, 6) is 3.36. The quantitative estimate of drug-likeness (QED) is 0.434. The van der Waals surface area contributed by atoms with Crippen LogP contribution in [0.4, 0.5) is 0 Å². The minimum absolute atomic E-state index is 0.792. The van der Waals surface area contributed by atoms with Gasteiger partial charge in [0.25, 0.3) is 0 Å². The zero-order chi connectivity index (χ0) is 11.9. The van der Waals surface area contributed by atoms with Crippen LogP contribution in [0.1, 0.15) is 38.5 Å². The van der Waals surface area contributed by atoms with Crippen molar-refractivity contribution in [3.63, 3.8) is 0 Å². The van der Waals surface area contributed by atoms with E-state index >= 15 is 0 Å². The second-order valence-electron chi connectivity index (χ2n) is 5.10. The molecule has 0 aromatic carbocycles. The van der Waals surface area contributed by atoms with Crippen molar-refractivity contribution in [1.82, 2.24) is 10.6 Å². The number of aliphatic imine (C=N–C) groups is 1. The number of guanidine groups is 1. The van der Waals surface area contributed by atoms with Crippen LogP contribution in [0.5, 0.6) is 0 Å². The lowest BCUT2D eigenvalue weighted by Crippen LogP contribution is -2.40. The molecule has 17 heavy (non-hydrogen) atoms. The summed E-state index contributed by atoms with van der Waals surface area (Å²) in [6, 6.07) is 0. The Kier molecular flexibility index (Phi) is 5.49. The van der Waals surface area contributed by atoms with Gasteiger partial charge in [-0.3, -0.25) is 4.99 Å². The third kappa shape index (κ3) is 5.19. The van der Waals surface area contributed by atoms with E-state index < -0.39 is 0 Å². The van der Waals surface area contributed by atoms with Gasteiger partial charge in [-0.1, -0.05) is 12.8 Å². The van der Waals surface area contributed by atoms with Gasteiger partial charge in [0.2, 0.25) is 0 Å². The maximum absolute atomic E-state index is 4.27. The molecule has 2 N–H and O–H groups in total. The summed E-state index contributed by atoms with van der Waals surface area (Å²) in [4.78, 5) is 4.27. The van der Waals surface area contributed by atoms with Gasteiger partial charge in [0.1, 0.15) is 0 Å². The molecule has 1 atom stereocenters. The van der Waals surface area contributed by atoms with E-state index in [4.69, 9.17) is 0 Å². The maximum Gasteiger partial charge on any atom is 0.191 e. The first-order chi connectivity index (χ1) is 8.38. The van der Waals surface area contributed by atoms with Crippen molar-refractivity contribution in [3.8, 4) is 0 Å².